The second kappa shape index (κ2) is 7.70. The fourth-order valence-electron chi connectivity index (χ4n) is 4.03. The molecule has 6 nitrogen and oxygen atoms in total. The summed E-state index contributed by atoms with van der Waals surface area (Å²) in [6.07, 6.45) is 3.73. The van der Waals surface area contributed by atoms with E-state index in [1.165, 1.54) is 4.57 Å². The van der Waals surface area contributed by atoms with Crippen molar-refractivity contribution in [3.8, 4) is 0 Å². The van der Waals surface area contributed by atoms with Crippen molar-refractivity contribution in [2.24, 2.45) is 13.0 Å². The van der Waals surface area contributed by atoms with Gasteiger partial charge in [0.2, 0.25) is 0 Å². The van der Waals surface area contributed by atoms with E-state index in [0.29, 0.717) is 12.0 Å². The highest BCUT2D eigenvalue weighted by atomic mass is 16.2. The molecule has 0 aromatic carbocycles. The normalized spacial score (nSPS) is 23.8. The SMILES string of the molecule is CC1CN(C)CCN1CC1CCN(C(=O)c2cccn(C)c2=O)CC1. The Labute approximate surface area is 150 Å². The fraction of sp³-hybridized carbons (Fsp3) is 0.684. The molecule has 25 heavy (non-hydrogen) atoms. The molecule has 2 fully saturated rings. The highest BCUT2D eigenvalue weighted by molar-refractivity contribution is 5.93. The highest BCUT2D eigenvalue weighted by Crippen LogP contribution is 2.21. The van der Waals surface area contributed by atoms with Crippen LogP contribution < -0.4 is 5.56 Å². The number of aryl methyl sites for hydroxylation is 1. The number of nitrogens with zero attached hydrogens (tertiary/aromatic N) is 4. The number of hydrogen-bond donors (Lipinski definition) is 0. The summed E-state index contributed by atoms with van der Waals surface area (Å²) in [6.45, 7) is 8.35. The first kappa shape index (κ1) is 18.1. The van der Waals surface area contributed by atoms with Gasteiger partial charge in [-0.15, -0.1) is 0 Å². The van der Waals surface area contributed by atoms with Crippen molar-refractivity contribution in [1.82, 2.24) is 19.3 Å². The van der Waals surface area contributed by atoms with Crippen LogP contribution in [0.25, 0.3) is 0 Å². The fourth-order valence-corrected chi connectivity index (χ4v) is 4.03. The Kier molecular flexibility index (Phi) is 5.59. The van der Waals surface area contributed by atoms with Gasteiger partial charge in [0.15, 0.2) is 0 Å². The molecule has 1 aromatic rings. The van der Waals surface area contributed by atoms with E-state index in [2.05, 4.69) is 23.8 Å². The number of likely N-dealkylation sites (tertiary alicyclic amines) is 1. The van der Waals surface area contributed by atoms with E-state index >= 15 is 0 Å². The summed E-state index contributed by atoms with van der Waals surface area (Å²) in [6, 6.07) is 4.00. The van der Waals surface area contributed by atoms with Gasteiger partial charge in [-0.3, -0.25) is 14.5 Å². The number of rotatable bonds is 3. The Morgan fingerprint density at radius 3 is 2.56 bits per heavy atom. The number of carbonyl (C=O) groups is 1. The minimum absolute atomic E-state index is 0.118. The van der Waals surface area contributed by atoms with Gasteiger partial charge in [0.25, 0.3) is 11.5 Å². The van der Waals surface area contributed by atoms with Crippen LogP contribution in [0.4, 0.5) is 0 Å². The van der Waals surface area contributed by atoms with E-state index in [9.17, 15) is 9.59 Å². The van der Waals surface area contributed by atoms with Gasteiger partial charge in [0, 0.05) is 58.6 Å². The molecule has 0 saturated carbocycles. The summed E-state index contributed by atoms with van der Waals surface area (Å²) in [5, 5.41) is 0. The summed E-state index contributed by atoms with van der Waals surface area (Å²) >= 11 is 0. The summed E-state index contributed by atoms with van der Waals surface area (Å²) in [5.74, 6) is 0.529. The zero-order valence-electron chi connectivity index (χ0n) is 15.6. The average molecular weight is 346 g/mol. The van der Waals surface area contributed by atoms with Gasteiger partial charge in [0.05, 0.1) is 0 Å². The zero-order valence-corrected chi connectivity index (χ0v) is 15.6. The summed E-state index contributed by atoms with van der Waals surface area (Å²) in [4.78, 5) is 31.6. The van der Waals surface area contributed by atoms with Gasteiger partial charge in [-0.25, -0.2) is 0 Å². The van der Waals surface area contributed by atoms with Crippen LogP contribution in [0.1, 0.15) is 30.1 Å². The number of hydrogen-bond acceptors (Lipinski definition) is 4. The minimum Gasteiger partial charge on any atom is -0.338 e. The molecule has 0 N–H and O–H groups in total. The third-order valence-corrected chi connectivity index (χ3v) is 5.72. The van der Waals surface area contributed by atoms with Crippen LogP contribution in [-0.4, -0.2) is 77.5 Å². The molecular formula is C19H30N4O2. The van der Waals surface area contributed by atoms with E-state index in [4.69, 9.17) is 0 Å². The van der Waals surface area contributed by atoms with Crippen LogP contribution in [0.15, 0.2) is 23.1 Å². The second-order valence-corrected chi connectivity index (χ2v) is 7.68. The lowest BCUT2D eigenvalue weighted by atomic mass is 9.95. The molecule has 0 aliphatic carbocycles. The van der Waals surface area contributed by atoms with Gasteiger partial charge in [0.1, 0.15) is 5.56 Å². The Morgan fingerprint density at radius 2 is 1.88 bits per heavy atom. The molecule has 2 aliphatic rings. The predicted molar refractivity (Wildman–Crippen MR) is 98.8 cm³/mol. The molecule has 1 unspecified atom stereocenters. The van der Waals surface area contributed by atoms with Crippen LogP contribution in [0, 0.1) is 5.92 Å². The van der Waals surface area contributed by atoms with E-state index in [-0.39, 0.29) is 17.0 Å². The topological polar surface area (TPSA) is 48.8 Å². The number of pyridine rings is 1. The minimum atomic E-state index is -0.208. The molecule has 3 rings (SSSR count). The zero-order chi connectivity index (χ0) is 18.0. The Bertz CT molecular complexity index is 664. The molecule has 1 atom stereocenters. The molecule has 3 heterocycles. The van der Waals surface area contributed by atoms with Crippen LogP contribution in [0.3, 0.4) is 0 Å². The summed E-state index contributed by atoms with van der Waals surface area (Å²) < 4.78 is 1.47. The lowest BCUT2D eigenvalue weighted by Gasteiger charge is -2.41. The maximum Gasteiger partial charge on any atom is 0.263 e. The van der Waals surface area contributed by atoms with Crippen molar-refractivity contribution < 1.29 is 4.79 Å². The molecule has 138 valence electrons. The largest absolute Gasteiger partial charge is 0.338 e. The first-order valence-corrected chi connectivity index (χ1v) is 9.33. The highest BCUT2D eigenvalue weighted by Gasteiger charge is 2.29. The second-order valence-electron chi connectivity index (χ2n) is 7.68. The van der Waals surface area contributed by atoms with Crippen LogP contribution >= 0.6 is 0 Å². The van der Waals surface area contributed by atoms with Crippen LogP contribution in [0.5, 0.6) is 0 Å². The van der Waals surface area contributed by atoms with Crippen molar-refractivity contribution in [3.05, 3.63) is 34.2 Å². The van der Waals surface area contributed by atoms with E-state index in [0.717, 1.165) is 52.1 Å². The van der Waals surface area contributed by atoms with Crippen molar-refractivity contribution in [1.29, 1.82) is 0 Å². The maximum absolute atomic E-state index is 12.7. The smallest absolute Gasteiger partial charge is 0.263 e. The van der Waals surface area contributed by atoms with Crippen LogP contribution in [0.2, 0.25) is 0 Å². The quantitative estimate of drug-likeness (QED) is 0.815. The van der Waals surface area contributed by atoms with Crippen LogP contribution in [-0.2, 0) is 7.05 Å². The van der Waals surface area contributed by atoms with Gasteiger partial charge >= 0.3 is 0 Å². The monoisotopic (exact) mass is 346 g/mol. The standard InChI is InChI=1S/C19H30N4O2/c1-15-13-20(2)11-12-23(15)14-16-6-9-22(10-7-16)19(25)17-5-4-8-21(3)18(17)24/h4-5,8,15-16H,6-7,9-14H2,1-3H3. The number of piperazine rings is 1. The first-order valence-electron chi connectivity index (χ1n) is 9.33. The molecule has 2 aliphatic heterocycles. The first-order chi connectivity index (χ1) is 12.0. The Hall–Kier alpha value is -1.66. The average Bonchev–Trinajstić information content (AvgIpc) is 2.60. The van der Waals surface area contributed by atoms with E-state index in [1.54, 1.807) is 25.4 Å². The van der Waals surface area contributed by atoms with Crippen molar-refractivity contribution in [2.45, 2.75) is 25.8 Å². The number of amides is 1. The molecule has 0 bridgehead atoms. The number of likely N-dealkylation sites (N-methyl/N-ethyl adjacent to an activating group) is 1. The molecular weight excluding hydrogens is 316 g/mol. The molecule has 1 aromatic heterocycles. The van der Waals surface area contributed by atoms with Crippen molar-refractivity contribution in [2.75, 3.05) is 46.3 Å². The molecule has 1 amide bonds. The third-order valence-electron chi connectivity index (χ3n) is 5.72. The maximum atomic E-state index is 12.7. The number of aromatic nitrogens is 1. The molecule has 0 radical (unpaired) electrons. The van der Waals surface area contributed by atoms with Crippen molar-refractivity contribution >= 4 is 5.91 Å². The molecule has 0 spiro atoms. The number of piperidine rings is 1. The Morgan fingerprint density at radius 1 is 1.16 bits per heavy atom. The molecule has 6 heteroatoms. The van der Waals surface area contributed by atoms with Gasteiger partial charge in [-0.1, -0.05) is 0 Å². The number of carbonyl (C=O) groups excluding carboxylic acids is 1. The van der Waals surface area contributed by atoms with Crippen molar-refractivity contribution in [3.63, 3.8) is 0 Å². The third kappa shape index (κ3) is 4.12. The van der Waals surface area contributed by atoms with Gasteiger partial charge < -0.3 is 14.4 Å². The van der Waals surface area contributed by atoms with Gasteiger partial charge in [-0.05, 0) is 44.9 Å². The lowest BCUT2D eigenvalue weighted by Crippen LogP contribution is -2.52. The van der Waals surface area contributed by atoms with E-state index in [1.807, 2.05) is 4.90 Å². The predicted octanol–water partition coefficient (Wildman–Crippen LogP) is 0.873. The Balaban J connectivity index is 1.54. The molecule has 2 saturated heterocycles. The van der Waals surface area contributed by atoms with Gasteiger partial charge in [-0.2, -0.15) is 0 Å². The summed E-state index contributed by atoms with van der Waals surface area (Å²) in [7, 11) is 3.87. The summed E-state index contributed by atoms with van der Waals surface area (Å²) in [5.41, 5.74) is 0.0806. The lowest BCUT2D eigenvalue weighted by molar-refractivity contribution is 0.0555. The van der Waals surface area contributed by atoms with E-state index < -0.39 is 0 Å².